The molecule has 29 heavy (non-hydrogen) atoms. The summed E-state index contributed by atoms with van der Waals surface area (Å²) in [7, 11) is 0. The van der Waals surface area contributed by atoms with E-state index >= 15 is 0 Å². The number of nitrogen functional groups attached to an aromatic ring is 1. The Morgan fingerprint density at radius 2 is 2.03 bits per heavy atom. The van der Waals surface area contributed by atoms with Gasteiger partial charge in [0.05, 0.1) is 22.5 Å². The molecule has 2 aromatic carbocycles. The fourth-order valence-corrected chi connectivity index (χ4v) is 3.69. The zero-order valence-electron chi connectivity index (χ0n) is 15.6. The Hall–Kier alpha value is -3.39. The number of rotatable bonds is 5. The molecule has 0 radical (unpaired) electrons. The molecule has 0 bridgehead atoms. The summed E-state index contributed by atoms with van der Waals surface area (Å²) in [6.07, 6.45) is 1.72. The van der Waals surface area contributed by atoms with Gasteiger partial charge in [0.1, 0.15) is 10.4 Å². The highest BCUT2D eigenvalue weighted by molar-refractivity contribution is 9.10. The summed E-state index contributed by atoms with van der Waals surface area (Å²) in [6.45, 7) is 2.48. The summed E-state index contributed by atoms with van der Waals surface area (Å²) in [4.78, 5) is 15.9. The molecule has 146 valence electrons. The van der Waals surface area contributed by atoms with E-state index in [-0.39, 0.29) is 5.56 Å². The first-order valence-corrected chi connectivity index (χ1v) is 9.70. The monoisotopic (exact) mass is 451 g/mol. The number of nitrogens with two attached hydrogens (primary N) is 1. The maximum absolute atomic E-state index is 11.6. The summed E-state index contributed by atoms with van der Waals surface area (Å²) in [5.41, 5.74) is 10.1. The van der Waals surface area contributed by atoms with E-state index in [9.17, 15) is 9.90 Å². The number of nitrogens with zero attached hydrogens (tertiary/aromatic N) is 3. The molecule has 0 aliphatic carbocycles. The van der Waals surface area contributed by atoms with E-state index in [0.29, 0.717) is 28.3 Å². The number of halogens is 1. The number of pyridine rings is 1. The maximum Gasteiger partial charge on any atom is 0.337 e. The molecule has 0 aliphatic rings. The molecule has 0 amide bonds. The van der Waals surface area contributed by atoms with Crippen molar-refractivity contribution < 1.29 is 9.90 Å². The molecule has 8 heteroatoms. The molecule has 2 aromatic heterocycles. The van der Waals surface area contributed by atoms with Gasteiger partial charge in [-0.05, 0) is 64.3 Å². The minimum atomic E-state index is -1.000. The predicted octanol–water partition coefficient (Wildman–Crippen LogP) is 4.38. The van der Waals surface area contributed by atoms with Crippen LogP contribution < -0.4 is 11.1 Å². The number of aromatic carboxylic acids is 1. The lowest BCUT2D eigenvalue weighted by molar-refractivity contribution is 0.0696. The van der Waals surface area contributed by atoms with Crippen molar-refractivity contribution in [3.05, 3.63) is 76.0 Å². The highest BCUT2D eigenvalue weighted by Gasteiger charge is 2.16. The fourth-order valence-electron chi connectivity index (χ4n) is 3.11. The van der Waals surface area contributed by atoms with Crippen molar-refractivity contribution in [1.29, 1.82) is 0 Å². The van der Waals surface area contributed by atoms with Crippen molar-refractivity contribution in [3.8, 4) is 5.69 Å². The molecule has 0 unspecified atom stereocenters. The summed E-state index contributed by atoms with van der Waals surface area (Å²) in [6, 6.07) is 14.5. The van der Waals surface area contributed by atoms with Crippen molar-refractivity contribution in [2.24, 2.45) is 0 Å². The second kappa shape index (κ2) is 7.56. The summed E-state index contributed by atoms with van der Waals surface area (Å²) >= 11 is 3.58. The van der Waals surface area contributed by atoms with Gasteiger partial charge in [-0.25, -0.2) is 14.5 Å². The van der Waals surface area contributed by atoms with E-state index in [1.807, 2.05) is 31.2 Å². The molecule has 4 aromatic rings. The third-order valence-electron chi connectivity index (χ3n) is 4.71. The SMILES string of the molecule is Cc1ccnc(NCc2ccc3nn(-c4ccccc4C(=O)O)c(Br)c3c2)c1N. The molecule has 0 atom stereocenters. The molecule has 0 saturated heterocycles. The predicted molar refractivity (Wildman–Crippen MR) is 116 cm³/mol. The minimum Gasteiger partial charge on any atom is -0.478 e. The second-order valence-corrected chi connectivity index (χ2v) is 7.37. The van der Waals surface area contributed by atoms with Crippen LogP contribution >= 0.6 is 15.9 Å². The second-order valence-electron chi connectivity index (χ2n) is 6.62. The summed E-state index contributed by atoms with van der Waals surface area (Å²) in [5.74, 6) is -0.351. The van der Waals surface area contributed by atoms with Crippen molar-refractivity contribution in [1.82, 2.24) is 14.8 Å². The largest absolute Gasteiger partial charge is 0.478 e. The number of hydrogen-bond donors (Lipinski definition) is 3. The first-order chi connectivity index (χ1) is 14.0. The van der Waals surface area contributed by atoms with Crippen molar-refractivity contribution in [2.45, 2.75) is 13.5 Å². The molecule has 0 aliphatic heterocycles. The minimum absolute atomic E-state index is 0.184. The zero-order valence-corrected chi connectivity index (χ0v) is 17.1. The topological polar surface area (TPSA) is 106 Å². The third-order valence-corrected chi connectivity index (χ3v) is 5.47. The van der Waals surface area contributed by atoms with Gasteiger partial charge < -0.3 is 16.2 Å². The van der Waals surface area contributed by atoms with Crippen molar-refractivity contribution >= 4 is 44.3 Å². The van der Waals surface area contributed by atoms with Gasteiger partial charge in [0.15, 0.2) is 0 Å². The number of carbonyl (C=O) groups is 1. The average Bonchev–Trinajstić information content (AvgIpc) is 3.05. The van der Waals surface area contributed by atoms with E-state index < -0.39 is 5.97 Å². The molecular formula is C21H18BrN5O2. The van der Waals surface area contributed by atoms with Crippen LogP contribution in [-0.2, 0) is 6.54 Å². The first kappa shape index (κ1) is 18.9. The van der Waals surface area contributed by atoms with Crippen LogP contribution in [0.3, 0.4) is 0 Å². The number of anilines is 2. The van der Waals surface area contributed by atoms with Crippen LogP contribution in [0.2, 0.25) is 0 Å². The lowest BCUT2D eigenvalue weighted by Crippen LogP contribution is -2.06. The van der Waals surface area contributed by atoms with Crippen LogP contribution in [0.4, 0.5) is 11.5 Å². The van der Waals surface area contributed by atoms with Gasteiger partial charge in [-0.3, -0.25) is 0 Å². The number of carboxylic acids is 1. The maximum atomic E-state index is 11.6. The summed E-state index contributed by atoms with van der Waals surface area (Å²) in [5, 5.41) is 18.2. The Balaban J connectivity index is 1.68. The molecule has 0 fully saturated rings. The first-order valence-electron chi connectivity index (χ1n) is 8.90. The third kappa shape index (κ3) is 3.54. The number of aromatic nitrogens is 3. The molecular weight excluding hydrogens is 434 g/mol. The van der Waals surface area contributed by atoms with Crippen LogP contribution in [0, 0.1) is 6.92 Å². The highest BCUT2D eigenvalue weighted by atomic mass is 79.9. The Morgan fingerprint density at radius 1 is 1.24 bits per heavy atom. The molecule has 0 spiro atoms. The van der Waals surface area contributed by atoms with E-state index in [1.165, 1.54) is 0 Å². The summed E-state index contributed by atoms with van der Waals surface area (Å²) < 4.78 is 2.29. The number of para-hydroxylation sites is 1. The van der Waals surface area contributed by atoms with E-state index in [4.69, 9.17) is 5.73 Å². The van der Waals surface area contributed by atoms with Crippen LogP contribution in [-0.4, -0.2) is 25.8 Å². The quantitative estimate of drug-likeness (QED) is 0.415. The number of fused-ring (bicyclic) bond motifs is 1. The number of carboxylic acid groups (broad SMARTS) is 1. The van der Waals surface area contributed by atoms with Crippen LogP contribution in [0.1, 0.15) is 21.5 Å². The Labute approximate surface area is 175 Å². The standard InChI is InChI=1S/C21H18BrN5O2/c1-12-8-9-24-20(18(12)23)25-11-13-6-7-16-15(10-13)19(22)27(26-16)17-5-3-2-4-14(17)21(28)29/h2-10H,11,23H2,1H3,(H,24,25)(H,28,29). The Morgan fingerprint density at radius 3 is 2.83 bits per heavy atom. The van der Waals surface area contributed by atoms with Crippen LogP contribution in [0.25, 0.3) is 16.6 Å². The number of hydrogen-bond acceptors (Lipinski definition) is 5. The normalized spacial score (nSPS) is 11.0. The van der Waals surface area contributed by atoms with Gasteiger partial charge in [0, 0.05) is 18.1 Å². The van der Waals surface area contributed by atoms with Gasteiger partial charge in [-0.1, -0.05) is 18.2 Å². The fraction of sp³-hybridized carbons (Fsp3) is 0.0952. The molecule has 4 rings (SSSR count). The Kier molecular flexibility index (Phi) is 4.94. The molecule has 2 heterocycles. The highest BCUT2D eigenvalue weighted by Crippen LogP contribution is 2.29. The van der Waals surface area contributed by atoms with Gasteiger partial charge in [-0.15, -0.1) is 0 Å². The van der Waals surface area contributed by atoms with Crippen LogP contribution in [0.5, 0.6) is 0 Å². The zero-order chi connectivity index (χ0) is 20.5. The Bertz CT molecular complexity index is 1240. The smallest absolute Gasteiger partial charge is 0.337 e. The van der Waals surface area contributed by atoms with Gasteiger partial charge in [0.25, 0.3) is 0 Å². The van der Waals surface area contributed by atoms with Crippen molar-refractivity contribution in [3.63, 3.8) is 0 Å². The van der Waals surface area contributed by atoms with Gasteiger partial charge in [0.2, 0.25) is 0 Å². The molecule has 4 N–H and O–H groups in total. The average molecular weight is 452 g/mol. The van der Waals surface area contributed by atoms with Gasteiger partial charge in [-0.2, -0.15) is 5.10 Å². The van der Waals surface area contributed by atoms with E-state index in [0.717, 1.165) is 22.0 Å². The van der Waals surface area contributed by atoms with Crippen LogP contribution in [0.15, 0.2) is 59.3 Å². The van der Waals surface area contributed by atoms with E-state index in [1.54, 1.807) is 35.1 Å². The number of aryl methyl sites for hydroxylation is 1. The van der Waals surface area contributed by atoms with Crippen molar-refractivity contribution in [2.75, 3.05) is 11.1 Å². The van der Waals surface area contributed by atoms with E-state index in [2.05, 4.69) is 31.3 Å². The molecule has 7 nitrogen and oxygen atoms in total. The lowest BCUT2D eigenvalue weighted by Gasteiger charge is -2.10. The number of nitrogens with one attached hydrogen (secondary N) is 1. The lowest BCUT2D eigenvalue weighted by atomic mass is 10.1. The molecule has 0 saturated carbocycles. The number of benzene rings is 2. The van der Waals surface area contributed by atoms with Gasteiger partial charge >= 0.3 is 5.97 Å².